The van der Waals surface area contributed by atoms with Crippen LogP contribution >= 0.6 is 0 Å². The lowest BCUT2D eigenvalue weighted by atomic mass is 10.1. The molecule has 1 heterocycles. The number of ether oxygens (including phenoxy) is 1. The quantitative estimate of drug-likeness (QED) is 0.517. The lowest BCUT2D eigenvalue weighted by Crippen LogP contribution is -2.41. The van der Waals surface area contributed by atoms with Crippen LogP contribution in [0.15, 0.2) is 82.3 Å². The van der Waals surface area contributed by atoms with Crippen molar-refractivity contribution in [1.29, 1.82) is 0 Å². The average Bonchev–Trinajstić information content (AvgIpc) is 3.30. The van der Waals surface area contributed by atoms with Gasteiger partial charge in [0.15, 0.2) is 0 Å². The van der Waals surface area contributed by atoms with Crippen LogP contribution in [0.5, 0.6) is 5.75 Å². The molecule has 0 spiro atoms. The SMILES string of the molecule is CCOc1ccc(S(=O)(=O)N(CC(=O)NCc2ccco2)[C@H](C)c2ccccc2)cc1. The minimum atomic E-state index is -3.95. The summed E-state index contributed by atoms with van der Waals surface area (Å²) in [6.45, 7) is 3.96. The summed E-state index contributed by atoms with van der Waals surface area (Å²) in [5.41, 5.74) is 0.788. The van der Waals surface area contributed by atoms with Gasteiger partial charge in [0, 0.05) is 6.04 Å². The summed E-state index contributed by atoms with van der Waals surface area (Å²) in [7, 11) is -3.95. The molecule has 2 aromatic carbocycles. The summed E-state index contributed by atoms with van der Waals surface area (Å²) in [6.07, 6.45) is 1.52. The minimum absolute atomic E-state index is 0.0950. The third kappa shape index (κ3) is 5.74. The van der Waals surface area contributed by atoms with E-state index >= 15 is 0 Å². The van der Waals surface area contributed by atoms with Gasteiger partial charge in [-0.2, -0.15) is 4.31 Å². The highest BCUT2D eigenvalue weighted by atomic mass is 32.2. The largest absolute Gasteiger partial charge is 0.494 e. The molecule has 3 aromatic rings. The highest BCUT2D eigenvalue weighted by Crippen LogP contribution is 2.28. The fraction of sp³-hybridized carbons (Fsp3) is 0.261. The van der Waals surface area contributed by atoms with E-state index in [0.717, 1.165) is 5.56 Å². The Morgan fingerprint density at radius 1 is 1.06 bits per heavy atom. The molecule has 0 aliphatic rings. The minimum Gasteiger partial charge on any atom is -0.494 e. The van der Waals surface area contributed by atoms with Gasteiger partial charge in [0.2, 0.25) is 15.9 Å². The van der Waals surface area contributed by atoms with Gasteiger partial charge < -0.3 is 14.5 Å². The normalized spacial score (nSPS) is 12.5. The lowest BCUT2D eigenvalue weighted by molar-refractivity contribution is -0.121. The van der Waals surface area contributed by atoms with Crippen molar-refractivity contribution in [1.82, 2.24) is 9.62 Å². The van der Waals surface area contributed by atoms with E-state index in [-0.39, 0.29) is 18.0 Å². The van der Waals surface area contributed by atoms with Crippen molar-refractivity contribution in [2.24, 2.45) is 0 Å². The predicted molar refractivity (Wildman–Crippen MR) is 117 cm³/mol. The van der Waals surface area contributed by atoms with E-state index in [0.29, 0.717) is 18.1 Å². The van der Waals surface area contributed by atoms with Crippen molar-refractivity contribution >= 4 is 15.9 Å². The third-order valence-corrected chi connectivity index (χ3v) is 6.73. The monoisotopic (exact) mass is 442 g/mol. The Balaban J connectivity index is 1.85. The number of carbonyl (C=O) groups is 1. The second kappa shape index (κ2) is 10.3. The first kappa shape index (κ1) is 22.6. The Labute approximate surface area is 182 Å². The van der Waals surface area contributed by atoms with Crippen LogP contribution in [0.4, 0.5) is 0 Å². The first-order valence-electron chi connectivity index (χ1n) is 10.0. The molecule has 0 saturated carbocycles. The number of amides is 1. The Bertz CT molecular complexity index is 1060. The summed E-state index contributed by atoms with van der Waals surface area (Å²) < 4.78 is 38.8. The van der Waals surface area contributed by atoms with Crippen molar-refractivity contribution in [3.8, 4) is 5.75 Å². The zero-order chi connectivity index (χ0) is 22.3. The van der Waals surface area contributed by atoms with Gasteiger partial charge in [-0.15, -0.1) is 0 Å². The van der Waals surface area contributed by atoms with Crippen molar-refractivity contribution in [2.75, 3.05) is 13.2 Å². The molecule has 8 heteroatoms. The summed E-state index contributed by atoms with van der Waals surface area (Å²) in [5.74, 6) is 0.749. The number of furan rings is 1. The maximum absolute atomic E-state index is 13.5. The zero-order valence-corrected chi connectivity index (χ0v) is 18.3. The smallest absolute Gasteiger partial charge is 0.244 e. The highest BCUT2D eigenvalue weighted by molar-refractivity contribution is 7.89. The molecule has 1 aromatic heterocycles. The second-order valence-electron chi connectivity index (χ2n) is 6.90. The molecular formula is C23H26N2O5S. The molecule has 31 heavy (non-hydrogen) atoms. The van der Waals surface area contributed by atoms with Crippen LogP contribution < -0.4 is 10.1 Å². The Hall–Kier alpha value is -3.10. The number of nitrogens with one attached hydrogen (secondary N) is 1. The number of hydrogen-bond acceptors (Lipinski definition) is 5. The van der Waals surface area contributed by atoms with Crippen LogP contribution in [0.1, 0.15) is 31.2 Å². The maximum Gasteiger partial charge on any atom is 0.244 e. The molecule has 0 radical (unpaired) electrons. The van der Waals surface area contributed by atoms with Crippen LogP contribution in [0.3, 0.4) is 0 Å². The van der Waals surface area contributed by atoms with E-state index < -0.39 is 22.0 Å². The van der Waals surface area contributed by atoms with Crippen molar-refractivity contribution in [2.45, 2.75) is 31.3 Å². The topological polar surface area (TPSA) is 88.9 Å². The molecule has 0 unspecified atom stereocenters. The van der Waals surface area contributed by atoms with Gasteiger partial charge >= 0.3 is 0 Å². The van der Waals surface area contributed by atoms with E-state index in [9.17, 15) is 13.2 Å². The molecular weight excluding hydrogens is 416 g/mol. The molecule has 0 bridgehead atoms. The molecule has 0 aliphatic heterocycles. The number of hydrogen-bond donors (Lipinski definition) is 1. The summed E-state index contributed by atoms with van der Waals surface area (Å²) >= 11 is 0. The molecule has 1 N–H and O–H groups in total. The molecule has 3 rings (SSSR count). The van der Waals surface area contributed by atoms with Gasteiger partial charge in [0.1, 0.15) is 11.5 Å². The van der Waals surface area contributed by atoms with E-state index in [1.165, 1.54) is 22.7 Å². The van der Waals surface area contributed by atoms with Crippen molar-refractivity contribution in [3.63, 3.8) is 0 Å². The summed E-state index contributed by atoms with van der Waals surface area (Å²) in [4.78, 5) is 12.7. The predicted octanol–water partition coefficient (Wildman–Crippen LogP) is 3.75. The van der Waals surface area contributed by atoms with E-state index in [1.807, 2.05) is 37.3 Å². The highest BCUT2D eigenvalue weighted by Gasteiger charge is 2.32. The Kier molecular flexibility index (Phi) is 7.49. The zero-order valence-electron chi connectivity index (χ0n) is 17.5. The van der Waals surface area contributed by atoms with E-state index in [2.05, 4.69) is 5.32 Å². The lowest BCUT2D eigenvalue weighted by Gasteiger charge is -2.28. The number of carbonyl (C=O) groups excluding carboxylic acids is 1. The molecule has 1 atom stereocenters. The molecule has 0 saturated heterocycles. The molecule has 7 nitrogen and oxygen atoms in total. The van der Waals surface area contributed by atoms with Crippen LogP contribution in [0, 0.1) is 0 Å². The fourth-order valence-corrected chi connectivity index (χ4v) is 4.71. The number of nitrogens with zero attached hydrogens (tertiary/aromatic N) is 1. The fourth-order valence-electron chi connectivity index (χ4n) is 3.13. The van der Waals surface area contributed by atoms with Crippen LogP contribution in [-0.2, 0) is 21.4 Å². The molecule has 0 aliphatic carbocycles. The number of benzene rings is 2. The van der Waals surface area contributed by atoms with Crippen LogP contribution in [0.25, 0.3) is 0 Å². The van der Waals surface area contributed by atoms with Gasteiger partial charge in [-0.05, 0) is 55.8 Å². The molecule has 1 amide bonds. The van der Waals surface area contributed by atoms with Gasteiger partial charge in [-0.1, -0.05) is 30.3 Å². The summed E-state index contributed by atoms with van der Waals surface area (Å²) in [6, 6.07) is 18.3. The van der Waals surface area contributed by atoms with E-state index in [4.69, 9.17) is 9.15 Å². The Morgan fingerprint density at radius 3 is 2.39 bits per heavy atom. The van der Waals surface area contributed by atoms with E-state index in [1.54, 1.807) is 31.2 Å². The Morgan fingerprint density at radius 2 is 1.77 bits per heavy atom. The third-order valence-electron chi connectivity index (χ3n) is 4.79. The van der Waals surface area contributed by atoms with Crippen molar-refractivity contribution < 1.29 is 22.4 Å². The maximum atomic E-state index is 13.5. The first-order chi connectivity index (χ1) is 14.9. The summed E-state index contributed by atoms with van der Waals surface area (Å²) in [5, 5.41) is 2.71. The van der Waals surface area contributed by atoms with Gasteiger partial charge in [0.25, 0.3) is 0 Å². The van der Waals surface area contributed by atoms with Crippen LogP contribution in [0.2, 0.25) is 0 Å². The molecule has 0 fully saturated rings. The average molecular weight is 443 g/mol. The first-order valence-corrected chi connectivity index (χ1v) is 11.4. The van der Waals surface area contributed by atoms with Gasteiger partial charge in [-0.25, -0.2) is 8.42 Å². The standard InChI is InChI=1S/C23H26N2O5S/c1-3-29-20-11-13-22(14-12-20)31(27,28)25(18(2)19-8-5-4-6-9-19)17-23(26)24-16-21-10-7-15-30-21/h4-15,18H,3,16-17H2,1-2H3,(H,24,26)/t18-/m1/s1. The second-order valence-corrected chi connectivity index (χ2v) is 8.79. The van der Waals surface area contributed by atoms with Gasteiger partial charge in [-0.3, -0.25) is 4.79 Å². The number of rotatable bonds is 10. The molecule has 164 valence electrons. The van der Waals surface area contributed by atoms with Crippen LogP contribution in [-0.4, -0.2) is 31.8 Å². The van der Waals surface area contributed by atoms with Gasteiger partial charge in [0.05, 0.1) is 30.9 Å². The number of sulfonamides is 1. The van der Waals surface area contributed by atoms with Crippen molar-refractivity contribution in [3.05, 3.63) is 84.3 Å².